The quantitative estimate of drug-likeness (QED) is 0.336. The van der Waals surface area contributed by atoms with E-state index in [0.717, 1.165) is 17.1 Å². The number of hydrogen-bond donors (Lipinski definition) is 4. The second-order valence-electron chi connectivity index (χ2n) is 6.60. The van der Waals surface area contributed by atoms with Gasteiger partial charge in [0.05, 0.1) is 13.1 Å². The molecule has 12 nitrogen and oxygen atoms in total. The van der Waals surface area contributed by atoms with Crippen LogP contribution < -0.4 is 21.3 Å². The van der Waals surface area contributed by atoms with E-state index in [0.29, 0.717) is 0 Å². The summed E-state index contributed by atoms with van der Waals surface area (Å²) in [6.45, 7) is 3.51. The summed E-state index contributed by atoms with van der Waals surface area (Å²) in [6.07, 6.45) is 1.39. The van der Waals surface area contributed by atoms with Crippen molar-refractivity contribution in [1.82, 2.24) is 26.2 Å². The number of carbonyl (C=O) groups is 6. The molecular weight excluding hydrogens is 374 g/mol. The number of nitrogens with zero attached hydrogens (tertiary/aromatic N) is 1. The van der Waals surface area contributed by atoms with Crippen molar-refractivity contribution in [3.8, 4) is 0 Å². The molecule has 0 aromatic rings. The maximum Gasteiger partial charge on any atom is 0.408 e. The van der Waals surface area contributed by atoms with Crippen LogP contribution in [0.1, 0.15) is 20.8 Å². The molecule has 4 N–H and O–H groups in total. The summed E-state index contributed by atoms with van der Waals surface area (Å²) in [7, 11) is 0. The third-order valence-electron chi connectivity index (χ3n) is 3.02. The molecule has 0 fully saturated rings. The lowest BCUT2D eigenvalue weighted by molar-refractivity contribution is -0.138. The molecule has 0 spiro atoms. The first-order valence-electron chi connectivity index (χ1n) is 8.28. The Labute approximate surface area is 161 Å². The minimum Gasteiger partial charge on any atom is -0.444 e. The minimum absolute atomic E-state index is 0.313. The number of amides is 6. The van der Waals surface area contributed by atoms with E-state index in [-0.39, 0.29) is 13.2 Å². The van der Waals surface area contributed by atoms with Crippen molar-refractivity contribution in [2.75, 3.05) is 26.3 Å². The molecule has 1 aliphatic rings. The van der Waals surface area contributed by atoms with Crippen LogP contribution in [0.4, 0.5) is 4.79 Å². The summed E-state index contributed by atoms with van der Waals surface area (Å²) in [5.41, 5.74) is -0.702. The standard InChI is InChI=1S/C16H23N5O7/c1-16(2,3)28-15(27)19-8-11(23)17-6-10(22)18-7-12(24)20-9-21-13(25)4-5-14(21)26/h4-5H,6-9H2,1-3H3,(H,17,23)(H,18,22)(H,19,27)(H,20,24). The van der Waals surface area contributed by atoms with Crippen LogP contribution in [0.15, 0.2) is 12.2 Å². The van der Waals surface area contributed by atoms with E-state index in [4.69, 9.17) is 4.74 Å². The van der Waals surface area contributed by atoms with Crippen LogP contribution in [0.5, 0.6) is 0 Å². The molecule has 1 rings (SSSR count). The third-order valence-corrected chi connectivity index (χ3v) is 3.02. The van der Waals surface area contributed by atoms with E-state index in [1.165, 1.54) is 0 Å². The summed E-state index contributed by atoms with van der Waals surface area (Å²) in [5, 5.41) is 9.03. The highest BCUT2D eigenvalue weighted by molar-refractivity contribution is 6.13. The van der Waals surface area contributed by atoms with Gasteiger partial charge in [-0.25, -0.2) is 4.79 Å². The predicted octanol–water partition coefficient (Wildman–Crippen LogP) is -2.26. The average Bonchev–Trinajstić information content (AvgIpc) is 2.91. The first-order valence-corrected chi connectivity index (χ1v) is 8.28. The van der Waals surface area contributed by atoms with Gasteiger partial charge in [0.1, 0.15) is 18.8 Å². The number of nitrogens with one attached hydrogen (secondary N) is 4. The Morgan fingerprint density at radius 1 is 0.821 bits per heavy atom. The van der Waals surface area contributed by atoms with E-state index in [1.54, 1.807) is 20.8 Å². The zero-order valence-electron chi connectivity index (χ0n) is 15.8. The van der Waals surface area contributed by atoms with Gasteiger partial charge in [0, 0.05) is 12.2 Å². The van der Waals surface area contributed by atoms with Crippen LogP contribution in [-0.2, 0) is 28.7 Å². The van der Waals surface area contributed by atoms with Crippen LogP contribution in [-0.4, -0.2) is 72.4 Å². The second kappa shape index (κ2) is 10.0. The van der Waals surface area contributed by atoms with Crippen molar-refractivity contribution in [1.29, 1.82) is 0 Å². The molecule has 0 atom stereocenters. The first-order chi connectivity index (χ1) is 13.0. The molecule has 1 aliphatic heterocycles. The molecule has 12 heteroatoms. The van der Waals surface area contributed by atoms with Gasteiger partial charge in [-0.2, -0.15) is 0 Å². The minimum atomic E-state index is -0.770. The van der Waals surface area contributed by atoms with E-state index in [2.05, 4.69) is 21.3 Å². The van der Waals surface area contributed by atoms with Crippen LogP contribution in [0.3, 0.4) is 0 Å². The van der Waals surface area contributed by atoms with E-state index in [9.17, 15) is 28.8 Å². The van der Waals surface area contributed by atoms with Gasteiger partial charge >= 0.3 is 6.09 Å². The maximum atomic E-state index is 11.6. The zero-order chi connectivity index (χ0) is 21.3. The molecule has 0 saturated carbocycles. The SMILES string of the molecule is CC(C)(C)OC(=O)NCC(=O)NCC(=O)NCC(=O)NCN1C(=O)C=CC1=O. The molecule has 0 saturated heterocycles. The van der Waals surface area contributed by atoms with Crippen molar-refractivity contribution in [3.63, 3.8) is 0 Å². The predicted molar refractivity (Wildman–Crippen MR) is 94.3 cm³/mol. The van der Waals surface area contributed by atoms with Crippen molar-refractivity contribution in [2.24, 2.45) is 0 Å². The highest BCUT2D eigenvalue weighted by Gasteiger charge is 2.23. The Balaban J connectivity index is 2.16. The zero-order valence-corrected chi connectivity index (χ0v) is 15.8. The van der Waals surface area contributed by atoms with Crippen molar-refractivity contribution in [3.05, 3.63) is 12.2 Å². The molecule has 0 aliphatic carbocycles. The second-order valence-corrected chi connectivity index (χ2v) is 6.60. The fourth-order valence-corrected chi connectivity index (χ4v) is 1.77. The Bertz CT molecular complexity index is 678. The molecule has 0 aromatic carbocycles. The van der Waals surface area contributed by atoms with Crippen LogP contribution in [0.2, 0.25) is 0 Å². The van der Waals surface area contributed by atoms with Gasteiger partial charge in [0.2, 0.25) is 17.7 Å². The van der Waals surface area contributed by atoms with Gasteiger partial charge in [0.15, 0.2) is 0 Å². The highest BCUT2D eigenvalue weighted by Crippen LogP contribution is 2.06. The monoisotopic (exact) mass is 397 g/mol. The number of ether oxygens (including phenoxy) is 1. The highest BCUT2D eigenvalue weighted by atomic mass is 16.6. The average molecular weight is 397 g/mol. The number of rotatable bonds is 8. The molecular formula is C16H23N5O7. The van der Waals surface area contributed by atoms with Crippen LogP contribution in [0, 0.1) is 0 Å². The maximum absolute atomic E-state index is 11.6. The molecule has 0 bridgehead atoms. The Kier molecular flexibility index (Phi) is 8.10. The molecule has 6 amide bonds. The van der Waals surface area contributed by atoms with E-state index in [1.807, 2.05) is 0 Å². The van der Waals surface area contributed by atoms with Gasteiger partial charge in [-0.3, -0.25) is 28.9 Å². The third kappa shape index (κ3) is 8.78. The summed E-state index contributed by atoms with van der Waals surface area (Å²) in [5.74, 6) is -2.98. The summed E-state index contributed by atoms with van der Waals surface area (Å²) >= 11 is 0. The van der Waals surface area contributed by atoms with Crippen molar-refractivity contribution >= 4 is 35.6 Å². The lowest BCUT2D eigenvalue weighted by Crippen LogP contribution is -2.47. The largest absolute Gasteiger partial charge is 0.444 e. The molecule has 1 heterocycles. The fourth-order valence-electron chi connectivity index (χ4n) is 1.77. The number of carbonyl (C=O) groups excluding carboxylic acids is 6. The number of imide groups is 1. The molecule has 154 valence electrons. The van der Waals surface area contributed by atoms with Gasteiger partial charge in [-0.1, -0.05) is 0 Å². The summed E-state index contributed by atoms with van der Waals surface area (Å²) in [4.78, 5) is 69.6. The van der Waals surface area contributed by atoms with Gasteiger partial charge in [-0.05, 0) is 20.8 Å². The van der Waals surface area contributed by atoms with Gasteiger partial charge in [0.25, 0.3) is 11.8 Å². The fraction of sp³-hybridized carbons (Fsp3) is 0.500. The smallest absolute Gasteiger partial charge is 0.408 e. The normalized spacial score (nSPS) is 13.2. The van der Waals surface area contributed by atoms with Crippen LogP contribution in [0.25, 0.3) is 0 Å². The Morgan fingerprint density at radius 3 is 1.71 bits per heavy atom. The summed E-state index contributed by atoms with van der Waals surface area (Å²) < 4.78 is 4.95. The first kappa shape index (κ1) is 22.6. The molecule has 28 heavy (non-hydrogen) atoms. The molecule has 0 radical (unpaired) electrons. The van der Waals surface area contributed by atoms with Crippen molar-refractivity contribution < 1.29 is 33.5 Å². The van der Waals surface area contributed by atoms with Crippen LogP contribution >= 0.6 is 0 Å². The molecule has 0 aromatic heterocycles. The topological polar surface area (TPSA) is 163 Å². The van der Waals surface area contributed by atoms with E-state index < -0.39 is 54.3 Å². The Hall–Kier alpha value is -3.44. The van der Waals surface area contributed by atoms with Crippen molar-refractivity contribution in [2.45, 2.75) is 26.4 Å². The van der Waals surface area contributed by atoms with Gasteiger partial charge < -0.3 is 26.0 Å². The lowest BCUT2D eigenvalue weighted by atomic mass is 10.2. The lowest BCUT2D eigenvalue weighted by Gasteiger charge is -2.19. The Morgan fingerprint density at radius 2 is 1.25 bits per heavy atom. The molecule has 0 unspecified atom stereocenters. The summed E-state index contributed by atoms with van der Waals surface area (Å²) in [6, 6.07) is 0. The van der Waals surface area contributed by atoms with Gasteiger partial charge in [-0.15, -0.1) is 0 Å². The number of alkyl carbamates (subject to hydrolysis) is 1. The van der Waals surface area contributed by atoms with E-state index >= 15 is 0 Å². The number of hydrogen-bond acceptors (Lipinski definition) is 7.